The van der Waals surface area contributed by atoms with E-state index in [1.54, 1.807) is 30.3 Å². The lowest BCUT2D eigenvalue weighted by atomic mass is 10.1. The van der Waals surface area contributed by atoms with Crippen LogP contribution in [0.4, 0.5) is 9.18 Å². The molecule has 5 nitrogen and oxygen atoms in total. The standard InChI is InChI=1S/C26H22FNO4S/c1-18-9-11-22(12-10-18)31-14-13-28-25(29)24(33-26(28)30)16-20-6-2-3-8-23(20)32-17-19-5-4-7-21(27)15-19/h2-12,15-16H,13-14,17H2,1H3/b24-16-. The summed E-state index contributed by atoms with van der Waals surface area (Å²) in [5, 5.41) is -0.336. The van der Waals surface area contributed by atoms with Gasteiger partial charge in [0.15, 0.2) is 0 Å². The van der Waals surface area contributed by atoms with Crippen molar-refractivity contribution in [2.24, 2.45) is 0 Å². The van der Waals surface area contributed by atoms with Gasteiger partial charge in [-0.2, -0.15) is 0 Å². The molecule has 0 N–H and O–H groups in total. The molecule has 0 aromatic heterocycles. The van der Waals surface area contributed by atoms with Gasteiger partial charge < -0.3 is 9.47 Å². The van der Waals surface area contributed by atoms with E-state index >= 15 is 0 Å². The van der Waals surface area contributed by atoms with Crippen LogP contribution in [0, 0.1) is 12.7 Å². The molecule has 4 rings (SSSR count). The van der Waals surface area contributed by atoms with Crippen LogP contribution in [-0.4, -0.2) is 29.2 Å². The molecular weight excluding hydrogens is 441 g/mol. The molecule has 2 amide bonds. The first kappa shape index (κ1) is 22.6. The number of aryl methyl sites for hydroxylation is 1. The molecule has 7 heteroatoms. The highest BCUT2D eigenvalue weighted by atomic mass is 32.2. The van der Waals surface area contributed by atoms with Crippen LogP contribution in [0.15, 0.2) is 77.7 Å². The highest BCUT2D eigenvalue weighted by Gasteiger charge is 2.35. The molecule has 33 heavy (non-hydrogen) atoms. The largest absolute Gasteiger partial charge is 0.492 e. The molecule has 0 atom stereocenters. The van der Waals surface area contributed by atoms with Gasteiger partial charge in [-0.1, -0.05) is 48.0 Å². The van der Waals surface area contributed by atoms with Crippen molar-refractivity contribution in [3.05, 3.63) is 100 Å². The zero-order valence-corrected chi connectivity index (χ0v) is 18.8. The van der Waals surface area contributed by atoms with Gasteiger partial charge in [-0.3, -0.25) is 14.5 Å². The molecule has 3 aromatic carbocycles. The Labute approximate surface area is 195 Å². The fourth-order valence-corrected chi connectivity index (χ4v) is 4.10. The van der Waals surface area contributed by atoms with Gasteiger partial charge in [-0.15, -0.1) is 0 Å². The lowest BCUT2D eigenvalue weighted by Crippen LogP contribution is -2.32. The third-order valence-electron chi connectivity index (χ3n) is 4.97. The van der Waals surface area contributed by atoms with E-state index in [4.69, 9.17) is 9.47 Å². The molecule has 1 saturated heterocycles. The number of nitrogens with zero attached hydrogens (tertiary/aromatic N) is 1. The van der Waals surface area contributed by atoms with Crippen LogP contribution in [0.2, 0.25) is 0 Å². The Morgan fingerprint density at radius 2 is 1.76 bits per heavy atom. The van der Waals surface area contributed by atoms with E-state index in [1.807, 2.05) is 43.3 Å². The van der Waals surface area contributed by atoms with Crippen LogP contribution >= 0.6 is 11.8 Å². The first-order valence-corrected chi connectivity index (χ1v) is 11.2. The average molecular weight is 464 g/mol. The molecule has 0 saturated carbocycles. The number of amides is 2. The summed E-state index contributed by atoms with van der Waals surface area (Å²) in [4.78, 5) is 26.7. The fourth-order valence-electron chi connectivity index (χ4n) is 3.24. The Morgan fingerprint density at radius 3 is 2.55 bits per heavy atom. The predicted molar refractivity (Wildman–Crippen MR) is 127 cm³/mol. The third-order valence-corrected chi connectivity index (χ3v) is 5.87. The fraction of sp³-hybridized carbons (Fsp3) is 0.154. The maximum Gasteiger partial charge on any atom is 0.293 e. The minimum absolute atomic E-state index is 0.160. The van der Waals surface area contributed by atoms with E-state index < -0.39 is 0 Å². The summed E-state index contributed by atoms with van der Waals surface area (Å²) in [7, 11) is 0. The number of imide groups is 1. The van der Waals surface area contributed by atoms with Crippen LogP contribution < -0.4 is 9.47 Å². The Bertz CT molecular complexity index is 1190. The van der Waals surface area contributed by atoms with Crippen LogP contribution in [0.1, 0.15) is 16.7 Å². The molecule has 1 aliphatic heterocycles. The first-order chi connectivity index (χ1) is 16.0. The number of para-hydroxylation sites is 1. The zero-order chi connectivity index (χ0) is 23.2. The lowest BCUT2D eigenvalue weighted by molar-refractivity contribution is -0.123. The zero-order valence-electron chi connectivity index (χ0n) is 18.0. The molecule has 3 aromatic rings. The van der Waals surface area contributed by atoms with Gasteiger partial charge in [-0.25, -0.2) is 4.39 Å². The molecule has 1 fully saturated rings. The summed E-state index contributed by atoms with van der Waals surface area (Å²) < 4.78 is 24.9. The second-order valence-electron chi connectivity index (χ2n) is 7.45. The van der Waals surface area contributed by atoms with Crippen LogP contribution in [0.5, 0.6) is 11.5 Å². The topological polar surface area (TPSA) is 55.8 Å². The van der Waals surface area contributed by atoms with Gasteiger partial charge in [0.1, 0.15) is 30.5 Å². The number of rotatable bonds is 8. The maximum atomic E-state index is 13.4. The molecule has 1 heterocycles. The monoisotopic (exact) mass is 463 g/mol. The summed E-state index contributed by atoms with van der Waals surface area (Å²) in [6.07, 6.45) is 1.65. The summed E-state index contributed by atoms with van der Waals surface area (Å²) in [5.41, 5.74) is 2.48. The normalized spacial score (nSPS) is 14.7. The number of thioether (sulfide) groups is 1. The second kappa shape index (κ2) is 10.4. The molecular formula is C26H22FNO4S. The van der Waals surface area contributed by atoms with E-state index in [0.29, 0.717) is 27.5 Å². The third kappa shape index (κ3) is 5.81. The molecule has 0 aliphatic carbocycles. The van der Waals surface area contributed by atoms with Gasteiger partial charge in [0.2, 0.25) is 0 Å². The average Bonchev–Trinajstić information content (AvgIpc) is 3.07. The summed E-state index contributed by atoms with van der Waals surface area (Å²) >= 11 is 0.888. The van der Waals surface area contributed by atoms with Gasteiger partial charge >= 0.3 is 0 Å². The number of ether oxygens (including phenoxy) is 2. The molecule has 0 radical (unpaired) electrons. The van der Waals surface area contributed by atoms with Gasteiger partial charge in [0.25, 0.3) is 11.1 Å². The highest BCUT2D eigenvalue weighted by molar-refractivity contribution is 8.18. The molecule has 0 unspecified atom stereocenters. The van der Waals surface area contributed by atoms with Crippen LogP contribution in [0.25, 0.3) is 6.08 Å². The summed E-state index contributed by atoms with van der Waals surface area (Å²) in [6.45, 7) is 2.54. The Kier molecular flexibility index (Phi) is 7.10. The lowest BCUT2D eigenvalue weighted by Gasteiger charge is -2.13. The maximum absolute atomic E-state index is 13.4. The predicted octanol–water partition coefficient (Wildman–Crippen LogP) is 5.83. The van der Waals surface area contributed by atoms with Crippen molar-refractivity contribution in [3.8, 4) is 11.5 Å². The Morgan fingerprint density at radius 1 is 0.970 bits per heavy atom. The van der Waals surface area contributed by atoms with E-state index in [2.05, 4.69) is 0 Å². The minimum atomic E-state index is -0.363. The van der Waals surface area contributed by atoms with Gasteiger partial charge in [-0.05, 0) is 60.7 Å². The Hall–Kier alpha value is -3.58. The van der Waals surface area contributed by atoms with Crippen LogP contribution in [0.3, 0.4) is 0 Å². The number of carbonyl (C=O) groups excluding carboxylic acids is 2. The highest BCUT2D eigenvalue weighted by Crippen LogP contribution is 2.34. The quantitative estimate of drug-likeness (QED) is 0.394. The number of hydrogen-bond donors (Lipinski definition) is 0. The number of benzene rings is 3. The van der Waals surface area contributed by atoms with Crippen molar-refractivity contribution >= 4 is 29.0 Å². The van der Waals surface area contributed by atoms with Crippen LogP contribution in [-0.2, 0) is 11.4 Å². The number of halogens is 1. The van der Waals surface area contributed by atoms with Crippen molar-refractivity contribution in [1.29, 1.82) is 0 Å². The van der Waals surface area contributed by atoms with Gasteiger partial charge in [0.05, 0.1) is 11.4 Å². The van der Waals surface area contributed by atoms with Crippen molar-refractivity contribution in [2.75, 3.05) is 13.2 Å². The second-order valence-corrected chi connectivity index (χ2v) is 8.44. The van der Waals surface area contributed by atoms with Crippen molar-refractivity contribution in [3.63, 3.8) is 0 Å². The van der Waals surface area contributed by atoms with Crippen molar-refractivity contribution in [2.45, 2.75) is 13.5 Å². The molecule has 0 spiro atoms. The van der Waals surface area contributed by atoms with E-state index in [0.717, 1.165) is 17.3 Å². The molecule has 1 aliphatic rings. The first-order valence-electron chi connectivity index (χ1n) is 10.4. The van der Waals surface area contributed by atoms with E-state index in [1.165, 1.54) is 17.0 Å². The Balaban J connectivity index is 1.41. The summed E-state index contributed by atoms with van der Waals surface area (Å²) in [5.74, 6) is 0.533. The number of carbonyl (C=O) groups is 2. The SMILES string of the molecule is Cc1ccc(OCCN2C(=O)S/C(=C\c3ccccc3OCc3cccc(F)c3)C2=O)cc1. The molecule has 0 bridgehead atoms. The van der Waals surface area contributed by atoms with E-state index in [-0.39, 0.29) is 36.7 Å². The van der Waals surface area contributed by atoms with Gasteiger partial charge in [0, 0.05) is 5.56 Å². The summed E-state index contributed by atoms with van der Waals surface area (Å²) in [6, 6.07) is 21.0. The van der Waals surface area contributed by atoms with Crippen molar-refractivity contribution < 1.29 is 23.5 Å². The van der Waals surface area contributed by atoms with Crippen molar-refractivity contribution in [1.82, 2.24) is 4.90 Å². The van der Waals surface area contributed by atoms with E-state index in [9.17, 15) is 14.0 Å². The smallest absolute Gasteiger partial charge is 0.293 e. The molecule has 168 valence electrons. The minimum Gasteiger partial charge on any atom is -0.492 e. The number of hydrogen-bond acceptors (Lipinski definition) is 5.